The molecule has 1 aliphatic heterocycles. The molecular formula is C19H22N2O3. The standard InChI is InChI=1S/C19H22N2O3/c1-3-24-16-12-17(22)21-11-5-4-6-15(21)18(16)19(23)20-14-9-7-13(2)8-10-14/h7-10,12H,3-6,11H2,1-2H3,(H,20,23). The van der Waals surface area contributed by atoms with E-state index >= 15 is 0 Å². The van der Waals surface area contributed by atoms with Gasteiger partial charge in [0.25, 0.3) is 11.5 Å². The van der Waals surface area contributed by atoms with E-state index < -0.39 is 0 Å². The van der Waals surface area contributed by atoms with Gasteiger partial charge in [-0.3, -0.25) is 9.59 Å². The molecule has 1 aromatic heterocycles. The van der Waals surface area contributed by atoms with Gasteiger partial charge in [-0.15, -0.1) is 0 Å². The van der Waals surface area contributed by atoms with Gasteiger partial charge in [-0.1, -0.05) is 17.7 Å². The van der Waals surface area contributed by atoms with E-state index in [4.69, 9.17) is 4.74 Å². The third kappa shape index (κ3) is 3.20. The number of nitrogens with one attached hydrogen (secondary N) is 1. The summed E-state index contributed by atoms with van der Waals surface area (Å²) in [6.07, 6.45) is 2.65. The highest BCUT2D eigenvalue weighted by atomic mass is 16.5. The quantitative estimate of drug-likeness (QED) is 0.939. The van der Waals surface area contributed by atoms with Crippen LogP contribution in [0.15, 0.2) is 35.1 Å². The molecule has 2 aromatic rings. The van der Waals surface area contributed by atoms with E-state index in [9.17, 15) is 9.59 Å². The number of anilines is 1. The minimum Gasteiger partial charge on any atom is -0.493 e. The number of rotatable bonds is 4. The second kappa shape index (κ2) is 6.91. The van der Waals surface area contributed by atoms with Crippen LogP contribution in [0, 0.1) is 6.92 Å². The molecule has 5 nitrogen and oxygen atoms in total. The number of nitrogens with zero attached hydrogens (tertiary/aromatic N) is 1. The van der Waals surface area contributed by atoms with Crippen molar-refractivity contribution in [3.63, 3.8) is 0 Å². The number of carbonyl (C=O) groups excluding carboxylic acids is 1. The maximum Gasteiger partial charge on any atom is 0.261 e. The van der Waals surface area contributed by atoms with E-state index in [0.29, 0.717) is 30.9 Å². The van der Waals surface area contributed by atoms with Gasteiger partial charge in [-0.25, -0.2) is 0 Å². The van der Waals surface area contributed by atoms with Crippen LogP contribution in [0.4, 0.5) is 5.69 Å². The van der Waals surface area contributed by atoms with Crippen LogP contribution in [0.5, 0.6) is 5.75 Å². The van der Waals surface area contributed by atoms with Gasteiger partial charge in [0.05, 0.1) is 6.61 Å². The van der Waals surface area contributed by atoms with Crippen molar-refractivity contribution in [3.8, 4) is 5.75 Å². The van der Waals surface area contributed by atoms with E-state index in [1.807, 2.05) is 38.1 Å². The molecule has 1 N–H and O–H groups in total. The predicted octanol–water partition coefficient (Wildman–Crippen LogP) is 3.14. The molecule has 0 atom stereocenters. The molecule has 0 radical (unpaired) electrons. The minimum atomic E-state index is -0.229. The summed E-state index contributed by atoms with van der Waals surface area (Å²) in [5.41, 5.74) is 3.03. The fourth-order valence-electron chi connectivity index (χ4n) is 3.08. The number of aromatic nitrogens is 1. The zero-order valence-electron chi connectivity index (χ0n) is 14.1. The molecule has 0 saturated heterocycles. The Hall–Kier alpha value is -2.56. The molecular weight excluding hydrogens is 304 g/mol. The van der Waals surface area contributed by atoms with Gasteiger partial charge in [0.2, 0.25) is 0 Å². The van der Waals surface area contributed by atoms with Crippen LogP contribution in [0.1, 0.15) is 41.4 Å². The number of carbonyl (C=O) groups is 1. The van der Waals surface area contributed by atoms with Crippen LogP contribution in [-0.4, -0.2) is 17.1 Å². The predicted molar refractivity (Wildman–Crippen MR) is 93.9 cm³/mol. The van der Waals surface area contributed by atoms with Crippen molar-refractivity contribution in [3.05, 3.63) is 57.5 Å². The zero-order valence-corrected chi connectivity index (χ0v) is 14.1. The van der Waals surface area contributed by atoms with E-state index in [2.05, 4.69) is 5.32 Å². The second-order valence-corrected chi connectivity index (χ2v) is 6.03. The Morgan fingerprint density at radius 3 is 2.71 bits per heavy atom. The fraction of sp³-hybridized carbons (Fsp3) is 0.368. The lowest BCUT2D eigenvalue weighted by Gasteiger charge is -2.23. The average Bonchev–Trinajstić information content (AvgIpc) is 2.57. The molecule has 24 heavy (non-hydrogen) atoms. The van der Waals surface area contributed by atoms with Gasteiger partial charge in [0, 0.05) is 24.0 Å². The third-order valence-electron chi connectivity index (χ3n) is 4.26. The molecule has 1 aromatic carbocycles. The average molecular weight is 326 g/mol. The topological polar surface area (TPSA) is 60.3 Å². The Balaban J connectivity index is 2.02. The van der Waals surface area contributed by atoms with Crippen molar-refractivity contribution in [1.82, 2.24) is 4.57 Å². The first-order chi connectivity index (χ1) is 11.6. The largest absolute Gasteiger partial charge is 0.493 e. The van der Waals surface area contributed by atoms with Gasteiger partial charge >= 0.3 is 0 Å². The highest BCUT2D eigenvalue weighted by Crippen LogP contribution is 2.26. The molecule has 2 heterocycles. The summed E-state index contributed by atoms with van der Waals surface area (Å²) in [6, 6.07) is 9.07. The van der Waals surface area contributed by atoms with Crippen LogP contribution in [0.3, 0.4) is 0 Å². The number of fused-ring (bicyclic) bond motifs is 1. The first kappa shape index (κ1) is 16.3. The number of aryl methyl sites for hydroxylation is 1. The van der Waals surface area contributed by atoms with Gasteiger partial charge in [0.15, 0.2) is 0 Å². The van der Waals surface area contributed by atoms with Crippen LogP contribution in [0.2, 0.25) is 0 Å². The molecule has 5 heteroatoms. The lowest BCUT2D eigenvalue weighted by molar-refractivity contribution is 0.102. The smallest absolute Gasteiger partial charge is 0.261 e. The lowest BCUT2D eigenvalue weighted by atomic mass is 10.0. The molecule has 1 aliphatic rings. The lowest BCUT2D eigenvalue weighted by Crippen LogP contribution is -2.31. The summed E-state index contributed by atoms with van der Waals surface area (Å²) < 4.78 is 7.29. The molecule has 3 rings (SSSR count). The van der Waals surface area contributed by atoms with Crippen LogP contribution in [0.25, 0.3) is 0 Å². The second-order valence-electron chi connectivity index (χ2n) is 6.03. The zero-order chi connectivity index (χ0) is 17.1. The van der Waals surface area contributed by atoms with E-state index in [-0.39, 0.29) is 11.5 Å². The van der Waals surface area contributed by atoms with Crippen molar-refractivity contribution < 1.29 is 9.53 Å². The van der Waals surface area contributed by atoms with Gasteiger partial charge in [-0.05, 0) is 45.2 Å². The first-order valence-electron chi connectivity index (χ1n) is 8.37. The van der Waals surface area contributed by atoms with Crippen molar-refractivity contribution in [2.45, 2.75) is 39.7 Å². The molecule has 0 saturated carbocycles. The highest BCUT2D eigenvalue weighted by Gasteiger charge is 2.24. The number of hydrogen-bond acceptors (Lipinski definition) is 3. The fourth-order valence-corrected chi connectivity index (χ4v) is 3.08. The maximum atomic E-state index is 12.9. The van der Waals surface area contributed by atoms with Crippen molar-refractivity contribution in [2.75, 3.05) is 11.9 Å². The molecule has 1 amide bonds. The summed E-state index contributed by atoms with van der Waals surface area (Å²) in [5, 5.41) is 2.92. The Morgan fingerprint density at radius 1 is 1.25 bits per heavy atom. The maximum absolute atomic E-state index is 12.9. The van der Waals surface area contributed by atoms with E-state index in [1.165, 1.54) is 6.07 Å². The summed E-state index contributed by atoms with van der Waals surface area (Å²) in [7, 11) is 0. The van der Waals surface area contributed by atoms with Gasteiger partial charge < -0.3 is 14.6 Å². The third-order valence-corrected chi connectivity index (χ3v) is 4.26. The summed E-state index contributed by atoms with van der Waals surface area (Å²) >= 11 is 0. The number of hydrogen-bond donors (Lipinski definition) is 1. The molecule has 0 aliphatic carbocycles. The van der Waals surface area contributed by atoms with Crippen LogP contribution >= 0.6 is 0 Å². The van der Waals surface area contributed by atoms with Crippen LogP contribution in [-0.2, 0) is 13.0 Å². The van der Waals surface area contributed by atoms with Crippen molar-refractivity contribution in [2.24, 2.45) is 0 Å². The molecule has 0 spiro atoms. The van der Waals surface area contributed by atoms with E-state index in [0.717, 1.165) is 29.8 Å². The van der Waals surface area contributed by atoms with Gasteiger partial charge in [-0.2, -0.15) is 0 Å². The minimum absolute atomic E-state index is 0.0972. The summed E-state index contributed by atoms with van der Waals surface area (Å²) in [5.74, 6) is 0.146. The first-order valence-corrected chi connectivity index (χ1v) is 8.37. The Labute approximate surface area is 141 Å². The summed E-state index contributed by atoms with van der Waals surface area (Å²) in [6.45, 7) is 4.91. The molecule has 126 valence electrons. The van der Waals surface area contributed by atoms with Crippen molar-refractivity contribution >= 4 is 11.6 Å². The summed E-state index contributed by atoms with van der Waals surface area (Å²) in [4.78, 5) is 25.2. The van der Waals surface area contributed by atoms with Gasteiger partial charge in [0.1, 0.15) is 11.3 Å². The number of pyridine rings is 1. The Morgan fingerprint density at radius 2 is 2.00 bits per heavy atom. The number of benzene rings is 1. The van der Waals surface area contributed by atoms with Crippen LogP contribution < -0.4 is 15.6 Å². The monoisotopic (exact) mass is 326 g/mol. The molecule has 0 fully saturated rings. The number of ether oxygens (including phenoxy) is 1. The number of amides is 1. The highest BCUT2D eigenvalue weighted by molar-refractivity contribution is 6.07. The SMILES string of the molecule is CCOc1cc(=O)n2c(c1C(=O)Nc1ccc(C)cc1)CCCC2. The van der Waals surface area contributed by atoms with E-state index in [1.54, 1.807) is 4.57 Å². The Bertz CT molecular complexity index is 807. The Kier molecular flexibility index (Phi) is 4.69. The molecule has 0 bridgehead atoms. The normalized spacial score (nSPS) is 13.2. The molecule has 0 unspecified atom stereocenters. The van der Waals surface area contributed by atoms with Crippen molar-refractivity contribution in [1.29, 1.82) is 0 Å².